The summed E-state index contributed by atoms with van der Waals surface area (Å²) in [6.45, 7) is 4.40. The van der Waals surface area contributed by atoms with Gasteiger partial charge >= 0.3 is 5.97 Å². The van der Waals surface area contributed by atoms with Crippen molar-refractivity contribution in [2.45, 2.75) is 6.92 Å². The third-order valence-electron chi connectivity index (χ3n) is 5.39. The third kappa shape index (κ3) is 4.50. The van der Waals surface area contributed by atoms with Crippen LogP contribution in [0.15, 0.2) is 72.8 Å². The van der Waals surface area contributed by atoms with Gasteiger partial charge in [-0.15, -0.1) is 0 Å². The number of anilines is 1. The second-order valence-electron chi connectivity index (χ2n) is 7.43. The van der Waals surface area contributed by atoms with Gasteiger partial charge in [-0.2, -0.15) is 0 Å². The van der Waals surface area contributed by atoms with Crippen LogP contribution in [0.2, 0.25) is 0 Å². The molecule has 0 saturated carbocycles. The van der Waals surface area contributed by atoms with Gasteiger partial charge < -0.3 is 9.84 Å². The van der Waals surface area contributed by atoms with Crippen LogP contribution < -0.4 is 5.01 Å². The van der Waals surface area contributed by atoms with Crippen LogP contribution in [-0.2, 0) is 4.74 Å². The van der Waals surface area contributed by atoms with Crippen LogP contribution >= 0.6 is 0 Å². The third-order valence-corrected chi connectivity index (χ3v) is 5.39. The second-order valence-corrected chi connectivity index (χ2v) is 7.43. The lowest BCUT2D eigenvalue weighted by atomic mass is 9.97. The number of carboxylic acids is 1. The van der Waals surface area contributed by atoms with Crippen LogP contribution in [0.5, 0.6) is 0 Å². The van der Waals surface area contributed by atoms with Gasteiger partial charge in [0, 0.05) is 18.7 Å². The Bertz CT molecular complexity index is 1070. The molecular formula is C25H24N2O4. The van der Waals surface area contributed by atoms with Crippen LogP contribution in [0, 0.1) is 6.92 Å². The molecule has 0 spiro atoms. The smallest absolute Gasteiger partial charge is 0.335 e. The molecule has 0 radical (unpaired) electrons. The summed E-state index contributed by atoms with van der Waals surface area (Å²) in [4.78, 5) is 24.8. The molecule has 0 aliphatic carbocycles. The zero-order valence-electron chi connectivity index (χ0n) is 17.3. The predicted molar refractivity (Wildman–Crippen MR) is 119 cm³/mol. The number of rotatable bonds is 5. The molecular weight excluding hydrogens is 392 g/mol. The molecule has 158 valence electrons. The molecule has 1 saturated heterocycles. The summed E-state index contributed by atoms with van der Waals surface area (Å²) >= 11 is 0. The Kier molecular flexibility index (Phi) is 6.11. The van der Waals surface area contributed by atoms with E-state index in [1.165, 1.54) is 0 Å². The van der Waals surface area contributed by atoms with Crippen molar-refractivity contribution >= 4 is 17.6 Å². The van der Waals surface area contributed by atoms with Gasteiger partial charge in [0.05, 0.1) is 24.5 Å². The summed E-state index contributed by atoms with van der Waals surface area (Å²) in [5.74, 6) is -1.08. The summed E-state index contributed by atoms with van der Waals surface area (Å²) < 4.78 is 5.47. The number of carbonyl (C=O) groups is 2. The largest absolute Gasteiger partial charge is 0.478 e. The first-order valence-electron chi connectivity index (χ1n) is 10.2. The van der Waals surface area contributed by atoms with Crippen molar-refractivity contribution in [3.63, 3.8) is 0 Å². The van der Waals surface area contributed by atoms with Crippen molar-refractivity contribution in [1.29, 1.82) is 0 Å². The van der Waals surface area contributed by atoms with Crippen molar-refractivity contribution in [3.05, 3.63) is 89.5 Å². The van der Waals surface area contributed by atoms with Crippen LogP contribution in [-0.4, -0.2) is 48.3 Å². The fourth-order valence-electron chi connectivity index (χ4n) is 3.71. The van der Waals surface area contributed by atoms with Crippen molar-refractivity contribution in [3.8, 4) is 11.1 Å². The molecule has 6 heteroatoms. The maximum absolute atomic E-state index is 13.6. The summed E-state index contributed by atoms with van der Waals surface area (Å²) in [7, 11) is 0. The number of benzene rings is 3. The molecule has 0 unspecified atom stereocenters. The number of aromatic carboxylic acids is 1. The van der Waals surface area contributed by atoms with Crippen molar-refractivity contribution < 1.29 is 19.4 Å². The standard InChI is InChI=1S/C25H24N2O4/c1-18-7-8-21(17-23(18)19-9-11-20(12-10-19)25(29)30)24(28)27(22-5-3-2-4-6-22)26-13-15-31-16-14-26/h2-12,17H,13-16H2,1H3,(H,29,30). The number of para-hydroxylation sites is 1. The van der Waals surface area contributed by atoms with E-state index in [4.69, 9.17) is 9.84 Å². The van der Waals surface area contributed by atoms with E-state index in [-0.39, 0.29) is 11.5 Å². The Morgan fingerprint density at radius 2 is 1.55 bits per heavy atom. The Hall–Kier alpha value is -3.48. The fourth-order valence-corrected chi connectivity index (χ4v) is 3.71. The minimum atomic E-state index is -0.962. The number of hydrogen-bond donors (Lipinski definition) is 1. The van der Waals surface area contributed by atoms with Crippen LogP contribution in [0.4, 0.5) is 5.69 Å². The van der Waals surface area contributed by atoms with Gasteiger partial charge in [0.1, 0.15) is 0 Å². The van der Waals surface area contributed by atoms with Crippen molar-refractivity contribution in [2.75, 3.05) is 31.3 Å². The summed E-state index contributed by atoms with van der Waals surface area (Å²) in [6, 6.07) is 22.0. The van der Waals surface area contributed by atoms with E-state index in [9.17, 15) is 9.59 Å². The Morgan fingerprint density at radius 3 is 2.19 bits per heavy atom. The van der Waals surface area contributed by atoms with E-state index in [0.29, 0.717) is 31.9 Å². The lowest BCUT2D eigenvalue weighted by Gasteiger charge is -2.37. The number of hydrogen-bond acceptors (Lipinski definition) is 4. The number of hydrazine groups is 1. The van der Waals surface area contributed by atoms with Gasteiger partial charge in [0.15, 0.2) is 0 Å². The molecule has 31 heavy (non-hydrogen) atoms. The molecule has 1 N–H and O–H groups in total. The molecule has 3 aromatic rings. The highest BCUT2D eigenvalue weighted by Crippen LogP contribution is 2.27. The quantitative estimate of drug-likeness (QED) is 0.673. The van der Waals surface area contributed by atoms with E-state index in [0.717, 1.165) is 22.4 Å². The number of nitrogens with zero attached hydrogens (tertiary/aromatic N) is 2. The highest BCUT2D eigenvalue weighted by atomic mass is 16.5. The summed E-state index contributed by atoms with van der Waals surface area (Å²) in [5.41, 5.74) is 4.39. The lowest BCUT2D eigenvalue weighted by molar-refractivity contribution is 0.0300. The molecule has 1 amide bonds. The van der Waals surface area contributed by atoms with Gasteiger partial charge in [-0.05, 0) is 60.0 Å². The first-order valence-corrected chi connectivity index (χ1v) is 10.2. The van der Waals surface area contributed by atoms with Gasteiger partial charge in [0.2, 0.25) is 0 Å². The second kappa shape index (κ2) is 9.12. The number of amides is 1. The van der Waals surface area contributed by atoms with Gasteiger partial charge in [-0.1, -0.05) is 36.4 Å². The fraction of sp³-hybridized carbons (Fsp3) is 0.200. The summed E-state index contributed by atoms with van der Waals surface area (Å²) in [5, 5.41) is 12.9. The zero-order valence-corrected chi connectivity index (χ0v) is 17.3. The first-order chi connectivity index (χ1) is 15.0. The summed E-state index contributed by atoms with van der Waals surface area (Å²) in [6.07, 6.45) is 0. The zero-order chi connectivity index (χ0) is 21.8. The molecule has 0 atom stereocenters. The monoisotopic (exact) mass is 416 g/mol. The van der Waals surface area contributed by atoms with Crippen LogP contribution in [0.25, 0.3) is 11.1 Å². The average molecular weight is 416 g/mol. The van der Waals surface area contributed by atoms with Gasteiger partial charge in [-0.3, -0.25) is 4.79 Å². The Labute approximate surface area is 181 Å². The van der Waals surface area contributed by atoms with E-state index >= 15 is 0 Å². The molecule has 1 aliphatic rings. The minimum Gasteiger partial charge on any atom is -0.478 e. The number of aryl methyl sites for hydroxylation is 1. The number of ether oxygens (including phenoxy) is 1. The molecule has 1 heterocycles. The van der Waals surface area contributed by atoms with Crippen LogP contribution in [0.3, 0.4) is 0 Å². The molecule has 1 aliphatic heterocycles. The van der Waals surface area contributed by atoms with Gasteiger partial charge in [0.25, 0.3) is 5.91 Å². The predicted octanol–water partition coefficient (Wildman–Crippen LogP) is 4.25. The topological polar surface area (TPSA) is 70.1 Å². The maximum Gasteiger partial charge on any atom is 0.335 e. The molecule has 0 aromatic heterocycles. The molecule has 6 nitrogen and oxygen atoms in total. The molecule has 0 bridgehead atoms. The number of carbonyl (C=O) groups excluding carboxylic acids is 1. The molecule has 1 fully saturated rings. The number of morpholine rings is 1. The molecule has 4 rings (SSSR count). The highest BCUT2D eigenvalue weighted by molar-refractivity contribution is 6.06. The Morgan fingerprint density at radius 1 is 0.903 bits per heavy atom. The molecule has 3 aromatic carbocycles. The minimum absolute atomic E-state index is 0.114. The van der Waals surface area contributed by atoms with E-state index in [2.05, 4.69) is 0 Å². The number of carboxylic acid groups (broad SMARTS) is 1. The normalized spacial score (nSPS) is 14.2. The lowest BCUT2D eigenvalue weighted by Crippen LogP contribution is -2.52. The van der Waals surface area contributed by atoms with E-state index in [1.807, 2.05) is 60.5 Å². The SMILES string of the molecule is Cc1ccc(C(=O)N(c2ccccc2)N2CCOCC2)cc1-c1ccc(C(=O)O)cc1. The highest BCUT2D eigenvalue weighted by Gasteiger charge is 2.26. The Balaban J connectivity index is 1.70. The van der Waals surface area contributed by atoms with E-state index < -0.39 is 5.97 Å². The first kappa shape index (κ1) is 20.8. The van der Waals surface area contributed by atoms with E-state index in [1.54, 1.807) is 29.3 Å². The average Bonchev–Trinajstić information content (AvgIpc) is 2.81. The van der Waals surface area contributed by atoms with Gasteiger partial charge in [-0.25, -0.2) is 14.8 Å². The van der Waals surface area contributed by atoms with Crippen molar-refractivity contribution in [2.24, 2.45) is 0 Å². The maximum atomic E-state index is 13.6. The van der Waals surface area contributed by atoms with Crippen molar-refractivity contribution in [1.82, 2.24) is 5.01 Å². The van der Waals surface area contributed by atoms with Crippen LogP contribution in [0.1, 0.15) is 26.3 Å².